The third kappa shape index (κ3) is 4.45. The molecule has 0 heterocycles. The molecule has 14 heavy (non-hydrogen) atoms. The van der Waals surface area contributed by atoms with E-state index in [9.17, 15) is 0 Å². The van der Waals surface area contributed by atoms with Crippen molar-refractivity contribution in [1.29, 1.82) is 0 Å². The van der Waals surface area contributed by atoms with Crippen LogP contribution in [0.3, 0.4) is 0 Å². The second kappa shape index (κ2) is 4.63. The molecule has 0 spiro atoms. The molecule has 0 saturated carbocycles. The molecule has 0 aromatic rings. The molecule has 0 fully saturated rings. The Kier molecular flexibility index (Phi) is 4.37. The lowest BCUT2D eigenvalue weighted by atomic mass is 9.81. The molecule has 82 valence electrons. The first-order chi connectivity index (χ1) is 6.23. The predicted octanol–water partition coefficient (Wildman–Crippen LogP) is 3.30. The molecule has 0 atom stereocenters. The fourth-order valence-electron chi connectivity index (χ4n) is 1.96. The van der Waals surface area contributed by atoms with Gasteiger partial charge in [-0.15, -0.1) is 0 Å². The van der Waals surface area contributed by atoms with Crippen molar-refractivity contribution in [1.82, 2.24) is 4.90 Å². The lowest BCUT2D eigenvalue weighted by molar-refractivity contribution is 0.187. The Bertz CT molecular complexity index is 209. The van der Waals surface area contributed by atoms with E-state index in [1.165, 1.54) is 0 Å². The van der Waals surface area contributed by atoms with Crippen molar-refractivity contribution in [2.75, 3.05) is 7.05 Å². The molecule has 2 heteroatoms. The van der Waals surface area contributed by atoms with Crippen LogP contribution in [0.5, 0.6) is 0 Å². The molecular weight excluding hydrogens is 172 g/mol. The molecule has 0 aromatic heterocycles. The van der Waals surface area contributed by atoms with Gasteiger partial charge in [-0.05, 0) is 31.9 Å². The van der Waals surface area contributed by atoms with E-state index in [1.54, 1.807) is 7.05 Å². The molecule has 2 nitrogen and oxygen atoms in total. The fourth-order valence-corrected chi connectivity index (χ4v) is 1.96. The summed E-state index contributed by atoms with van der Waals surface area (Å²) < 4.78 is 0. The maximum Gasteiger partial charge on any atom is 0.0890 e. The summed E-state index contributed by atoms with van der Waals surface area (Å²) in [6.07, 6.45) is 4.76. The second-order valence-electron chi connectivity index (χ2n) is 5.51. The highest BCUT2D eigenvalue weighted by molar-refractivity contribution is 5.57. The molecule has 0 saturated heterocycles. The van der Waals surface area contributed by atoms with E-state index in [4.69, 9.17) is 0 Å². The Labute approximate surface area is 88.7 Å². The normalized spacial score (nSPS) is 13.3. The van der Waals surface area contributed by atoms with Gasteiger partial charge in [0.25, 0.3) is 0 Å². The van der Waals surface area contributed by atoms with E-state index in [2.05, 4.69) is 51.1 Å². The zero-order chi connectivity index (χ0) is 11.4. The lowest BCUT2D eigenvalue weighted by Crippen LogP contribution is -2.42. The summed E-state index contributed by atoms with van der Waals surface area (Å²) in [5.74, 6) is 0. The quantitative estimate of drug-likeness (QED) is 0.497. The van der Waals surface area contributed by atoms with Gasteiger partial charge in [-0.2, -0.15) is 0 Å². The van der Waals surface area contributed by atoms with Crippen LogP contribution in [0.1, 0.15) is 41.0 Å². The first-order valence-corrected chi connectivity index (χ1v) is 5.06. The molecule has 0 radical (unpaired) electrons. The average Bonchev–Trinajstić information content (AvgIpc) is 1.94. The van der Waals surface area contributed by atoms with Gasteiger partial charge in [0.1, 0.15) is 0 Å². The van der Waals surface area contributed by atoms with E-state index in [-0.39, 0.29) is 5.54 Å². The van der Waals surface area contributed by atoms with Crippen LogP contribution in [0.2, 0.25) is 0 Å². The summed E-state index contributed by atoms with van der Waals surface area (Å²) in [5, 5.41) is 0. The SMILES string of the molecule is C=CN(C=NC)C(C)(C)CC(C)(C)C. The maximum atomic E-state index is 4.03. The van der Waals surface area contributed by atoms with Gasteiger partial charge in [0, 0.05) is 12.6 Å². The summed E-state index contributed by atoms with van der Waals surface area (Å²) in [6, 6.07) is 0. The number of hydrogen-bond acceptors (Lipinski definition) is 1. The molecule has 0 aliphatic rings. The van der Waals surface area contributed by atoms with Crippen molar-refractivity contribution in [3.63, 3.8) is 0 Å². The summed E-state index contributed by atoms with van der Waals surface area (Å²) in [6.45, 7) is 15.0. The Balaban J connectivity index is 4.64. The molecule has 0 aliphatic heterocycles. The summed E-state index contributed by atoms with van der Waals surface area (Å²) in [7, 11) is 1.78. The maximum absolute atomic E-state index is 4.03. The van der Waals surface area contributed by atoms with E-state index in [0.717, 1.165) is 6.42 Å². The van der Waals surface area contributed by atoms with E-state index < -0.39 is 0 Å². The van der Waals surface area contributed by atoms with Gasteiger partial charge < -0.3 is 4.90 Å². The first kappa shape index (κ1) is 13.2. The minimum Gasteiger partial charge on any atom is -0.334 e. The molecule has 0 aromatic carbocycles. The lowest BCUT2D eigenvalue weighted by Gasteiger charge is -2.39. The predicted molar refractivity (Wildman–Crippen MR) is 64.6 cm³/mol. The Hall–Kier alpha value is -0.790. The summed E-state index contributed by atoms with van der Waals surface area (Å²) in [5.41, 5.74) is 0.381. The van der Waals surface area contributed by atoms with Crippen LogP contribution in [0, 0.1) is 5.41 Å². The minimum atomic E-state index is 0.0690. The standard InChI is InChI=1S/C12H24N2/c1-8-14(10-13-7)12(5,6)9-11(2,3)4/h8,10H,1,9H2,2-7H3. The van der Waals surface area contributed by atoms with Crippen molar-refractivity contribution < 1.29 is 0 Å². The Morgan fingerprint density at radius 1 is 1.21 bits per heavy atom. The zero-order valence-corrected chi connectivity index (χ0v) is 10.5. The number of hydrogen-bond donors (Lipinski definition) is 0. The second-order valence-corrected chi connectivity index (χ2v) is 5.51. The molecule has 0 rings (SSSR count). The number of aliphatic imine (C=N–C) groups is 1. The third-order valence-corrected chi connectivity index (χ3v) is 2.10. The Morgan fingerprint density at radius 3 is 2.00 bits per heavy atom. The van der Waals surface area contributed by atoms with Crippen LogP contribution in [0.15, 0.2) is 17.8 Å². The number of nitrogens with zero attached hydrogens (tertiary/aromatic N) is 2. The van der Waals surface area contributed by atoms with Crippen LogP contribution in [0.4, 0.5) is 0 Å². The molecule has 0 aliphatic carbocycles. The molecule has 0 amide bonds. The Morgan fingerprint density at radius 2 is 1.71 bits per heavy atom. The molecule has 0 N–H and O–H groups in total. The van der Waals surface area contributed by atoms with Crippen LogP contribution < -0.4 is 0 Å². The minimum absolute atomic E-state index is 0.0690. The third-order valence-electron chi connectivity index (χ3n) is 2.10. The zero-order valence-electron chi connectivity index (χ0n) is 10.5. The number of rotatable bonds is 4. The first-order valence-electron chi connectivity index (χ1n) is 5.06. The van der Waals surface area contributed by atoms with Crippen molar-refractivity contribution in [3.8, 4) is 0 Å². The van der Waals surface area contributed by atoms with Crippen molar-refractivity contribution >= 4 is 6.34 Å². The van der Waals surface area contributed by atoms with Crippen LogP contribution in [-0.2, 0) is 0 Å². The smallest absolute Gasteiger partial charge is 0.0890 e. The largest absolute Gasteiger partial charge is 0.334 e. The van der Waals surface area contributed by atoms with Gasteiger partial charge in [0.15, 0.2) is 0 Å². The highest BCUT2D eigenvalue weighted by atomic mass is 15.2. The molecular formula is C12H24N2. The van der Waals surface area contributed by atoms with Gasteiger partial charge in [-0.1, -0.05) is 27.4 Å². The van der Waals surface area contributed by atoms with Gasteiger partial charge in [-0.3, -0.25) is 4.99 Å². The van der Waals surface area contributed by atoms with Crippen molar-refractivity contribution in [2.45, 2.75) is 46.6 Å². The van der Waals surface area contributed by atoms with Crippen LogP contribution >= 0.6 is 0 Å². The van der Waals surface area contributed by atoms with Crippen molar-refractivity contribution in [2.24, 2.45) is 10.4 Å². The van der Waals surface area contributed by atoms with Crippen molar-refractivity contribution in [3.05, 3.63) is 12.8 Å². The fraction of sp³-hybridized carbons (Fsp3) is 0.750. The van der Waals surface area contributed by atoms with E-state index in [0.29, 0.717) is 5.41 Å². The van der Waals surface area contributed by atoms with Gasteiger partial charge >= 0.3 is 0 Å². The van der Waals surface area contributed by atoms with E-state index >= 15 is 0 Å². The van der Waals surface area contributed by atoms with E-state index in [1.807, 2.05) is 12.5 Å². The summed E-state index contributed by atoms with van der Waals surface area (Å²) >= 11 is 0. The average molecular weight is 196 g/mol. The highest BCUT2D eigenvalue weighted by Gasteiger charge is 2.28. The summed E-state index contributed by atoms with van der Waals surface area (Å²) in [4.78, 5) is 6.10. The van der Waals surface area contributed by atoms with Gasteiger partial charge in [0.2, 0.25) is 0 Å². The highest BCUT2D eigenvalue weighted by Crippen LogP contribution is 2.30. The van der Waals surface area contributed by atoms with Crippen LogP contribution in [-0.4, -0.2) is 23.8 Å². The van der Waals surface area contributed by atoms with Crippen LogP contribution in [0.25, 0.3) is 0 Å². The topological polar surface area (TPSA) is 15.6 Å². The van der Waals surface area contributed by atoms with Gasteiger partial charge in [0.05, 0.1) is 6.34 Å². The monoisotopic (exact) mass is 196 g/mol. The molecule has 0 unspecified atom stereocenters. The molecule has 0 bridgehead atoms. The van der Waals surface area contributed by atoms with Gasteiger partial charge in [-0.25, -0.2) is 0 Å².